The third-order valence-corrected chi connectivity index (χ3v) is 3.15. The molecule has 5 heteroatoms. The summed E-state index contributed by atoms with van der Waals surface area (Å²) in [4.78, 5) is 26.4. The zero-order valence-electron chi connectivity index (χ0n) is 10.8. The van der Waals surface area contributed by atoms with E-state index in [-0.39, 0.29) is 5.91 Å². The molecule has 1 rings (SSSR count). The van der Waals surface area contributed by atoms with Gasteiger partial charge in [-0.1, -0.05) is 13.8 Å². The molecule has 1 unspecified atom stereocenters. The summed E-state index contributed by atoms with van der Waals surface area (Å²) in [5.41, 5.74) is 0. The number of amides is 1. The summed E-state index contributed by atoms with van der Waals surface area (Å²) in [6.45, 7) is 8.33. The third kappa shape index (κ3) is 4.00. The maximum atomic E-state index is 11.8. The lowest BCUT2D eigenvalue weighted by atomic mass is 10.1. The third-order valence-electron chi connectivity index (χ3n) is 3.15. The predicted molar refractivity (Wildman–Crippen MR) is 64.7 cm³/mol. The van der Waals surface area contributed by atoms with Crippen molar-refractivity contribution in [1.29, 1.82) is 0 Å². The van der Waals surface area contributed by atoms with Gasteiger partial charge in [-0.15, -0.1) is 0 Å². The Labute approximate surface area is 102 Å². The first-order chi connectivity index (χ1) is 7.91. The van der Waals surface area contributed by atoms with Crippen LogP contribution in [0.3, 0.4) is 0 Å². The average molecular weight is 242 g/mol. The van der Waals surface area contributed by atoms with Crippen molar-refractivity contribution in [1.82, 2.24) is 9.80 Å². The van der Waals surface area contributed by atoms with Gasteiger partial charge in [0, 0.05) is 32.6 Å². The molecule has 0 bridgehead atoms. The molecule has 1 N–H and O–H groups in total. The molecule has 0 aromatic carbocycles. The summed E-state index contributed by atoms with van der Waals surface area (Å²) in [5, 5.41) is 8.91. The number of carbonyl (C=O) groups excluding carboxylic acids is 1. The SMILES string of the molecule is CC(C)CC(=O)N1CCN(C(C)C(=O)O)CC1. The van der Waals surface area contributed by atoms with Crippen LogP contribution < -0.4 is 0 Å². The highest BCUT2D eigenvalue weighted by Gasteiger charge is 2.27. The van der Waals surface area contributed by atoms with Gasteiger partial charge in [-0.2, -0.15) is 0 Å². The Morgan fingerprint density at radius 3 is 2.06 bits per heavy atom. The molecule has 1 aliphatic rings. The molecule has 0 spiro atoms. The Hall–Kier alpha value is -1.10. The number of aliphatic carboxylic acids is 1. The fraction of sp³-hybridized carbons (Fsp3) is 0.833. The molecule has 5 nitrogen and oxygen atoms in total. The average Bonchev–Trinajstić information content (AvgIpc) is 2.27. The molecule has 0 aromatic rings. The molecule has 1 aliphatic heterocycles. The quantitative estimate of drug-likeness (QED) is 0.786. The van der Waals surface area contributed by atoms with Gasteiger partial charge in [-0.25, -0.2) is 0 Å². The minimum Gasteiger partial charge on any atom is -0.480 e. The minimum atomic E-state index is -0.799. The van der Waals surface area contributed by atoms with Crippen LogP contribution >= 0.6 is 0 Å². The van der Waals surface area contributed by atoms with Crippen molar-refractivity contribution in [3.63, 3.8) is 0 Å². The highest BCUT2D eigenvalue weighted by molar-refractivity contribution is 5.76. The highest BCUT2D eigenvalue weighted by atomic mass is 16.4. The van der Waals surface area contributed by atoms with Gasteiger partial charge in [-0.05, 0) is 12.8 Å². The number of carbonyl (C=O) groups is 2. The van der Waals surface area contributed by atoms with Crippen LogP contribution in [0.4, 0.5) is 0 Å². The second-order valence-corrected chi connectivity index (χ2v) is 5.03. The molecule has 0 aromatic heterocycles. The van der Waals surface area contributed by atoms with Crippen molar-refractivity contribution in [3.8, 4) is 0 Å². The van der Waals surface area contributed by atoms with E-state index in [1.165, 1.54) is 0 Å². The fourth-order valence-electron chi connectivity index (χ4n) is 1.99. The number of hydrogen-bond donors (Lipinski definition) is 1. The first-order valence-corrected chi connectivity index (χ1v) is 6.16. The molecule has 17 heavy (non-hydrogen) atoms. The zero-order chi connectivity index (χ0) is 13.0. The van der Waals surface area contributed by atoms with E-state index < -0.39 is 12.0 Å². The van der Waals surface area contributed by atoms with Gasteiger partial charge in [0.2, 0.25) is 5.91 Å². The van der Waals surface area contributed by atoms with Gasteiger partial charge in [-0.3, -0.25) is 14.5 Å². The van der Waals surface area contributed by atoms with Crippen LogP contribution in [0.25, 0.3) is 0 Å². The smallest absolute Gasteiger partial charge is 0.320 e. The largest absolute Gasteiger partial charge is 0.480 e. The first-order valence-electron chi connectivity index (χ1n) is 6.16. The number of piperazine rings is 1. The second-order valence-electron chi connectivity index (χ2n) is 5.03. The van der Waals surface area contributed by atoms with Crippen LogP contribution in [-0.4, -0.2) is 59.0 Å². The van der Waals surface area contributed by atoms with Crippen molar-refractivity contribution in [2.24, 2.45) is 5.92 Å². The Morgan fingerprint density at radius 1 is 1.12 bits per heavy atom. The first kappa shape index (κ1) is 14.0. The van der Waals surface area contributed by atoms with E-state index in [2.05, 4.69) is 0 Å². The van der Waals surface area contributed by atoms with E-state index in [0.717, 1.165) is 0 Å². The second kappa shape index (κ2) is 6.00. The lowest BCUT2D eigenvalue weighted by Gasteiger charge is -2.36. The normalized spacial score (nSPS) is 19.4. The van der Waals surface area contributed by atoms with E-state index in [0.29, 0.717) is 38.5 Å². The van der Waals surface area contributed by atoms with Crippen LogP contribution in [0.2, 0.25) is 0 Å². The van der Waals surface area contributed by atoms with E-state index in [1.807, 2.05) is 23.6 Å². The molecule has 1 atom stereocenters. The Bertz CT molecular complexity index is 283. The van der Waals surface area contributed by atoms with Crippen LogP contribution in [-0.2, 0) is 9.59 Å². The number of nitrogens with zero attached hydrogens (tertiary/aromatic N) is 2. The van der Waals surface area contributed by atoms with Crippen LogP contribution in [0.5, 0.6) is 0 Å². The molecule has 0 radical (unpaired) electrons. The summed E-state index contributed by atoms with van der Waals surface area (Å²) in [6, 6.07) is -0.461. The molecule has 1 fully saturated rings. The van der Waals surface area contributed by atoms with Crippen molar-refractivity contribution >= 4 is 11.9 Å². The molecule has 0 aliphatic carbocycles. The van der Waals surface area contributed by atoms with Gasteiger partial charge in [0.1, 0.15) is 6.04 Å². The van der Waals surface area contributed by atoms with Gasteiger partial charge in [0.15, 0.2) is 0 Å². The van der Waals surface area contributed by atoms with Gasteiger partial charge < -0.3 is 10.0 Å². The monoisotopic (exact) mass is 242 g/mol. The number of carboxylic acids is 1. The maximum absolute atomic E-state index is 11.8. The van der Waals surface area contributed by atoms with E-state index >= 15 is 0 Å². The Morgan fingerprint density at radius 2 is 1.65 bits per heavy atom. The van der Waals surface area contributed by atoms with Crippen molar-refractivity contribution in [2.45, 2.75) is 33.2 Å². The topological polar surface area (TPSA) is 60.9 Å². The Kier molecular flexibility index (Phi) is 4.93. The van der Waals surface area contributed by atoms with E-state index in [4.69, 9.17) is 5.11 Å². The van der Waals surface area contributed by atoms with Gasteiger partial charge in [0.25, 0.3) is 0 Å². The molecular weight excluding hydrogens is 220 g/mol. The van der Waals surface area contributed by atoms with E-state index in [9.17, 15) is 9.59 Å². The molecular formula is C12H22N2O3. The summed E-state index contributed by atoms with van der Waals surface area (Å²) < 4.78 is 0. The molecule has 1 amide bonds. The van der Waals surface area contributed by atoms with Crippen LogP contribution in [0.1, 0.15) is 27.2 Å². The number of hydrogen-bond acceptors (Lipinski definition) is 3. The molecule has 1 heterocycles. The van der Waals surface area contributed by atoms with Crippen molar-refractivity contribution < 1.29 is 14.7 Å². The Balaban J connectivity index is 2.40. The molecule has 98 valence electrons. The summed E-state index contributed by atoms with van der Waals surface area (Å²) in [5.74, 6) is -0.243. The van der Waals surface area contributed by atoms with Crippen LogP contribution in [0, 0.1) is 5.92 Å². The highest BCUT2D eigenvalue weighted by Crippen LogP contribution is 2.10. The maximum Gasteiger partial charge on any atom is 0.320 e. The van der Waals surface area contributed by atoms with Crippen molar-refractivity contribution in [3.05, 3.63) is 0 Å². The lowest BCUT2D eigenvalue weighted by molar-refractivity contribution is -0.144. The minimum absolute atomic E-state index is 0.183. The molecule has 0 saturated carbocycles. The zero-order valence-corrected chi connectivity index (χ0v) is 10.8. The van der Waals surface area contributed by atoms with Gasteiger partial charge >= 0.3 is 5.97 Å². The van der Waals surface area contributed by atoms with Crippen molar-refractivity contribution in [2.75, 3.05) is 26.2 Å². The summed E-state index contributed by atoms with van der Waals surface area (Å²) >= 11 is 0. The number of carboxylic acid groups (broad SMARTS) is 1. The van der Waals surface area contributed by atoms with Gasteiger partial charge in [0.05, 0.1) is 0 Å². The van der Waals surface area contributed by atoms with Crippen LogP contribution in [0.15, 0.2) is 0 Å². The lowest BCUT2D eigenvalue weighted by Crippen LogP contribution is -2.53. The summed E-state index contributed by atoms with van der Waals surface area (Å²) in [6.07, 6.45) is 0.578. The fourth-order valence-corrected chi connectivity index (χ4v) is 1.99. The van der Waals surface area contributed by atoms with E-state index in [1.54, 1.807) is 6.92 Å². The number of rotatable bonds is 4. The molecule has 1 saturated heterocycles. The predicted octanol–water partition coefficient (Wildman–Crippen LogP) is 0.650. The standard InChI is InChI=1S/C12H22N2O3/c1-9(2)8-11(15)14-6-4-13(5-7-14)10(3)12(16)17/h9-10H,4-8H2,1-3H3,(H,16,17). The summed E-state index contributed by atoms with van der Waals surface area (Å²) in [7, 11) is 0.